The van der Waals surface area contributed by atoms with E-state index < -0.39 is 6.04 Å². The summed E-state index contributed by atoms with van der Waals surface area (Å²) in [7, 11) is 0. The van der Waals surface area contributed by atoms with Crippen LogP contribution in [0.4, 0.5) is 10.7 Å². The van der Waals surface area contributed by atoms with Crippen molar-refractivity contribution in [3.63, 3.8) is 0 Å². The van der Waals surface area contributed by atoms with Crippen molar-refractivity contribution in [1.82, 2.24) is 15.3 Å². The van der Waals surface area contributed by atoms with Gasteiger partial charge in [-0.3, -0.25) is 14.9 Å². The van der Waals surface area contributed by atoms with Crippen LogP contribution in [0.15, 0.2) is 24.3 Å². The summed E-state index contributed by atoms with van der Waals surface area (Å²) in [6.07, 6.45) is 0. The van der Waals surface area contributed by atoms with Gasteiger partial charge in [-0.25, -0.2) is 4.98 Å². The highest BCUT2D eigenvalue weighted by molar-refractivity contribution is 8.14. The molecule has 3 rings (SSSR count). The molecule has 7 heteroatoms. The number of anilines is 1. The highest BCUT2D eigenvalue weighted by Crippen LogP contribution is 2.16. The summed E-state index contributed by atoms with van der Waals surface area (Å²) in [5.41, 5.74) is 1.65. The van der Waals surface area contributed by atoms with Gasteiger partial charge in [-0.1, -0.05) is 23.9 Å². The average Bonchev–Trinajstić information content (AvgIpc) is 2.94. The van der Waals surface area contributed by atoms with Crippen LogP contribution < -0.4 is 10.6 Å². The van der Waals surface area contributed by atoms with Gasteiger partial charge in [0.05, 0.1) is 11.0 Å². The molecular formula is C11H10N4O2S. The Balaban J connectivity index is 1.75. The number of para-hydroxylation sites is 2. The first kappa shape index (κ1) is 11.1. The first-order valence-corrected chi connectivity index (χ1v) is 6.40. The Kier molecular flexibility index (Phi) is 2.67. The Morgan fingerprint density at radius 1 is 1.44 bits per heavy atom. The number of H-pyrrole nitrogens is 1. The number of aromatic nitrogens is 2. The number of fused-ring (bicyclic) bond motifs is 1. The standard InChI is InChI=1S/C11H10N4O2S/c16-9(8-5-18-11(17)14-8)15-10-12-6-3-1-2-4-7(6)13-10/h1-4,8H,5H2,(H,14,17)(H2,12,13,15,16). The SMILES string of the molecule is O=C1NC(C(=O)Nc2nc3ccccc3[nH]2)CS1. The molecule has 92 valence electrons. The largest absolute Gasteiger partial charge is 0.334 e. The van der Waals surface area contributed by atoms with E-state index in [9.17, 15) is 9.59 Å². The number of carbonyl (C=O) groups is 2. The summed E-state index contributed by atoms with van der Waals surface area (Å²) in [6, 6.07) is 7.01. The van der Waals surface area contributed by atoms with Crippen LogP contribution in [0.2, 0.25) is 0 Å². The maximum Gasteiger partial charge on any atom is 0.279 e. The Morgan fingerprint density at radius 2 is 2.28 bits per heavy atom. The first-order chi connectivity index (χ1) is 8.72. The monoisotopic (exact) mass is 262 g/mol. The topological polar surface area (TPSA) is 86.9 Å². The number of nitrogens with one attached hydrogen (secondary N) is 3. The molecule has 0 radical (unpaired) electrons. The van der Waals surface area contributed by atoms with Gasteiger partial charge in [0, 0.05) is 5.75 Å². The predicted molar refractivity (Wildman–Crippen MR) is 69.5 cm³/mol. The molecule has 1 saturated heterocycles. The van der Waals surface area contributed by atoms with Crippen LogP contribution in [0.25, 0.3) is 11.0 Å². The van der Waals surface area contributed by atoms with Gasteiger partial charge in [0.2, 0.25) is 11.9 Å². The van der Waals surface area contributed by atoms with Crippen LogP contribution >= 0.6 is 11.8 Å². The van der Waals surface area contributed by atoms with E-state index in [0.717, 1.165) is 22.8 Å². The van der Waals surface area contributed by atoms with Crippen LogP contribution in [0.3, 0.4) is 0 Å². The maximum absolute atomic E-state index is 11.8. The van der Waals surface area contributed by atoms with Crippen LogP contribution in [-0.4, -0.2) is 32.9 Å². The van der Waals surface area contributed by atoms with Crippen LogP contribution in [0.5, 0.6) is 0 Å². The number of amides is 2. The van der Waals surface area contributed by atoms with E-state index in [2.05, 4.69) is 20.6 Å². The second kappa shape index (κ2) is 4.34. The van der Waals surface area contributed by atoms with Crippen molar-refractivity contribution in [2.24, 2.45) is 0 Å². The van der Waals surface area contributed by atoms with E-state index in [1.54, 1.807) is 0 Å². The van der Waals surface area contributed by atoms with Crippen molar-refractivity contribution in [2.45, 2.75) is 6.04 Å². The Labute approximate surface area is 107 Å². The lowest BCUT2D eigenvalue weighted by molar-refractivity contribution is -0.117. The minimum absolute atomic E-state index is 0.167. The smallest absolute Gasteiger partial charge is 0.279 e. The summed E-state index contributed by atoms with van der Waals surface area (Å²) < 4.78 is 0. The number of carbonyl (C=O) groups excluding carboxylic acids is 2. The molecule has 1 unspecified atom stereocenters. The van der Waals surface area contributed by atoms with Gasteiger partial charge in [0.25, 0.3) is 5.24 Å². The quantitative estimate of drug-likeness (QED) is 0.762. The summed E-state index contributed by atoms with van der Waals surface area (Å²) in [5.74, 6) is 0.588. The van der Waals surface area contributed by atoms with Crippen molar-refractivity contribution < 1.29 is 9.59 Å². The zero-order chi connectivity index (χ0) is 12.5. The molecule has 0 aliphatic carbocycles. The highest BCUT2D eigenvalue weighted by atomic mass is 32.2. The molecule has 6 nitrogen and oxygen atoms in total. The summed E-state index contributed by atoms with van der Waals surface area (Å²) in [6.45, 7) is 0. The maximum atomic E-state index is 11.8. The summed E-state index contributed by atoms with van der Waals surface area (Å²) in [4.78, 5) is 30.1. The van der Waals surface area contributed by atoms with Gasteiger partial charge in [0.1, 0.15) is 6.04 Å². The van der Waals surface area contributed by atoms with E-state index in [4.69, 9.17) is 0 Å². The fourth-order valence-electron chi connectivity index (χ4n) is 1.74. The lowest BCUT2D eigenvalue weighted by atomic mass is 10.3. The Bertz CT molecular complexity index is 591. The lowest BCUT2D eigenvalue weighted by Crippen LogP contribution is -2.38. The zero-order valence-electron chi connectivity index (χ0n) is 9.27. The van der Waals surface area contributed by atoms with Gasteiger partial charge in [0.15, 0.2) is 0 Å². The third-order valence-corrected chi connectivity index (χ3v) is 3.50. The minimum atomic E-state index is -0.490. The number of thioether (sulfide) groups is 1. The molecule has 18 heavy (non-hydrogen) atoms. The molecule has 1 aromatic heterocycles. The van der Waals surface area contributed by atoms with Gasteiger partial charge in [-0.15, -0.1) is 0 Å². The molecule has 0 spiro atoms. The van der Waals surface area contributed by atoms with Crippen LogP contribution in [-0.2, 0) is 4.79 Å². The minimum Gasteiger partial charge on any atom is -0.334 e. The fraction of sp³-hybridized carbons (Fsp3) is 0.182. The first-order valence-electron chi connectivity index (χ1n) is 5.41. The van der Waals surface area contributed by atoms with E-state index >= 15 is 0 Å². The van der Waals surface area contributed by atoms with E-state index in [1.165, 1.54) is 0 Å². The van der Waals surface area contributed by atoms with Crippen LogP contribution in [0, 0.1) is 0 Å². The Hall–Kier alpha value is -2.02. The highest BCUT2D eigenvalue weighted by Gasteiger charge is 2.28. The number of hydrogen-bond acceptors (Lipinski definition) is 4. The molecule has 0 bridgehead atoms. The van der Waals surface area contributed by atoms with Crippen molar-refractivity contribution in [1.29, 1.82) is 0 Å². The third-order valence-electron chi connectivity index (χ3n) is 2.62. The average molecular weight is 262 g/mol. The van der Waals surface area contributed by atoms with Crippen molar-refractivity contribution in [3.8, 4) is 0 Å². The Morgan fingerprint density at radius 3 is 3.00 bits per heavy atom. The molecular weight excluding hydrogens is 252 g/mol. The van der Waals surface area contributed by atoms with E-state index in [0.29, 0.717) is 11.7 Å². The molecule has 1 aliphatic heterocycles. The van der Waals surface area contributed by atoms with Crippen molar-refractivity contribution in [2.75, 3.05) is 11.1 Å². The number of imidazole rings is 1. The summed E-state index contributed by atoms with van der Waals surface area (Å²) >= 11 is 1.11. The van der Waals surface area contributed by atoms with E-state index in [1.807, 2.05) is 24.3 Å². The number of benzene rings is 1. The molecule has 1 aliphatic rings. The normalized spacial score (nSPS) is 18.9. The molecule has 1 atom stereocenters. The van der Waals surface area contributed by atoms with Crippen LogP contribution in [0.1, 0.15) is 0 Å². The number of aromatic amines is 1. The zero-order valence-corrected chi connectivity index (χ0v) is 10.1. The second-order valence-corrected chi connectivity index (χ2v) is 4.88. The lowest BCUT2D eigenvalue weighted by Gasteiger charge is -2.07. The number of rotatable bonds is 2. The van der Waals surface area contributed by atoms with Crippen molar-refractivity contribution >= 4 is 39.9 Å². The summed E-state index contributed by atoms with van der Waals surface area (Å²) in [5, 5.41) is 5.07. The van der Waals surface area contributed by atoms with Gasteiger partial charge in [-0.05, 0) is 12.1 Å². The van der Waals surface area contributed by atoms with Crippen molar-refractivity contribution in [3.05, 3.63) is 24.3 Å². The molecule has 2 aromatic rings. The molecule has 2 heterocycles. The molecule has 0 saturated carbocycles. The van der Waals surface area contributed by atoms with E-state index in [-0.39, 0.29) is 11.1 Å². The predicted octanol–water partition coefficient (Wildman–Crippen LogP) is 1.33. The van der Waals surface area contributed by atoms with Gasteiger partial charge in [-0.2, -0.15) is 0 Å². The molecule has 1 aromatic carbocycles. The molecule has 2 amide bonds. The van der Waals surface area contributed by atoms with Gasteiger partial charge >= 0.3 is 0 Å². The number of hydrogen-bond donors (Lipinski definition) is 3. The second-order valence-electron chi connectivity index (χ2n) is 3.89. The number of nitrogens with zero attached hydrogens (tertiary/aromatic N) is 1. The molecule has 1 fully saturated rings. The molecule has 3 N–H and O–H groups in total. The fourth-order valence-corrected chi connectivity index (χ4v) is 2.52. The third kappa shape index (κ3) is 2.04. The van der Waals surface area contributed by atoms with Gasteiger partial charge < -0.3 is 10.3 Å².